The largest absolute Gasteiger partial charge is 0.311 e. The minimum absolute atomic E-state index is 0.0179. The fraction of sp³-hybridized carbons (Fsp3) is 0.600. The van der Waals surface area contributed by atoms with Crippen molar-refractivity contribution in [3.05, 3.63) is 30.3 Å². The lowest BCUT2D eigenvalue weighted by molar-refractivity contribution is -0.126. The molecule has 5 nitrogen and oxygen atoms in total. The summed E-state index contributed by atoms with van der Waals surface area (Å²) in [5.41, 5.74) is 1.00. The molecule has 2 fully saturated rings. The van der Waals surface area contributed by atoms with Gasteiger partial charge in [-0.05, 0) is 30.9 Å². The van der Waals surface area contributed by atoms with Gasteiger partial charge in [-0.2, -0.15) is 5.26 Å². The molecule has 0 spiro atoms. The van der Waals surface area contributed by atoms with Crippen LogP contribution in [-0.4, -0.2) is 60.5 Å². The number of amides is 1. The molecule has 0 bridgehead atoms. The van der Waals surface area contributed by atoms with Crippen molar-refractivity contribution in [1.29, 1.82) is 5.26 Å². The Hall–Kier alpha value is -1.90. The van der Waals surface area contributed by atoms with Crippen molar-refractivity contribution in [1.82, 2.24) is 9.80 Å². The number of para-hydroxylation sites is 1. The molecule has 25 heavy (non-hydrogen) atoms. The number of hydrogen-bond donors (Lipinski definition) is 0. The fourth-order valence-corrected chi connectivity index (χ4v) is 4.04. The number of piperazine rings is 1. The monoisotopic (exact) mass is 340 g/mol. The Bertz CT molecular complexity index is 616. The van der Waals surface area contributed by atoms with Gasteiger partial charge in [0.1, 0.15) is 6.04 Å². The van der Waals surface area contributed by atoms with E-state index in [-0.39, 0.29) is 18.0 Å². The summed E-state index contributed by atoms with van der Waals surface area (Å²) in [6, 6.07) is 12.4. The Balaban J connectivity index is 1.63. The van der Waals surface area contributed by atoms with E-state index in [1.807, 2.05) is 35.2 Å². The summed E-state index contributed by atoms with van der Waals surface area (Å²) in [7, 11) is 0. The number of rotatable bonds is 4. The van der Waals surface area contributed by atoms with Crippen LogP contribution in [0.5, 0.6) is 0 Å². The van der Waals surface area contributed by atoms with Gasteiger partial charge in [0, 0.05) is 38.4 Å². The normalized spacial score (nSPS) is 24.3. The van der Waals surface area contributed by atoms with Crippen molar-refractivity contribution in [3.63, 3.8) is 0 Å². The molecule has 0 aromatic heterocycles. The first-order chi connectivity index (χ1) is 12.1. The molecule has 0 aliphatic carbocycles. The predicted octanol–water partition coefficient (Wildman–Crippen LogP) is 2.35. The molecule has 0 unspecified atom stereocenters. The van der Waals surface area contributed by atoms with Gasteiger partial charge in [0.25, 0.3) is 0 Å². The van der Waals surface area contributed by atoms with Gasteiger partial charge in [-0.3, -0.25) is 14.6 Å². The smallest absolute Gasteiger partial charge is 0.244 e. The fourth-order valence-electron chi connectivity index (χ4n) is 4.04. The maximum absolute atomic E-state index is 13.0. The maximum Gasteiger partial charge on any atom is 0.244 e. The lowest BCUT2D eigenvalue weighted by atomic mass is 9.99. The molecular formula is C20H28N4O. The molecule has 1 aromatic carbocycles. The summed E-state index contributed by atoms with van der Waals surface area (Å²) in [4.78, 5) is 19.5. The second kappa shape index (κ2) is 7.99. The quantitative estimate of drug-likeness (QED) is 0.844. The van der Waals surface area contributed by atoms with Crippen LogP contribution in [0.2, 0.25) is 0 Å². The molecule has 0 N–H and O–H groups in total. The average Bonchev–Trinajstić information content (AvgIpc) is 2.64. The Labute approximate surface area is 150 Å². The number of piperidine rings is 1. The molecule has 2 saturated heterocycles. The molecule has 0 saturated carbocycles. The first-order valence-electron chi connectivity index (χ1n) is 9.36. The highest BCUT2D eigenvalue weighted by Gasteiger charge is 2.36. The molecule has 0 radical (unpaired) electrons. The van der Waals surface area contributed by atoms with E-state index >= 15 is 0 Å². The van der Waals surface area contributed by atoms with Crippen LogP contribution in [0.15, 0.2) is 30.3 Å². The van der Waals surface area contributed by atoms with Crippen LogP contribution in [-0.2, 0) is 4.79 Å². The van der Waals surface area contributed by atoms with Crippen molar-refractivity contribution in [2.24, 2.45) is 5.92 Å². The van der Waals surface area contributed by atoms with Crippen molar-refractivity contribution in [2.45, 2.75) is 38.8 Å². The molecule has 5 heteroatoms. The topological polar surface area (TPSA) is 50.6 Å². The third kappa shape index (κ3) is 3.86. The second-order valence-corrected chi connectivity index (χ2v) is 7.37. The lowest BCUT2D eigenvalue weighted by Crippen LogP contribution is -2.59. The third-order valence-electron chi connectivity index (χ3n) is 5.43. The van der Waals surface area contributed by atoms with Crippen LogP contribution < -0.4 is 4.90 Å². The number of hydrogen-bond acceptors (Lipinski definition) is 4. The Morgan fingerprint density at radius 3 is 2.36 bits per heavy atom. The number of nitrogens with zero attached hydrogens (tertiary/aromatic N) is 4. The van der Waals surface area contributed by atoms with Gasteiger partial charge in [-0.15, -0.1) is 0 Å². The molecule has 2 aliphatic rings. The molecule has 1 aromatic rings. The Morgan fingerprint density at radius 1 is 1.08 bits per heavy atom. The SMILES string of the molecule is CC(C)[C@@H](C#N)N1CCN([C@H]2CCCN(c3ccccc3)C2=O)CC1. The van der Waals surface area contributed by atoms with E-state index in [9.17, 15) is 10.1 Å². The first-order valence-corrected chi connectivity index (χ1v) is 9.36. The summed E-state index contributed by atoms with van der Waals surface area (Å²) in [5.74, 6) is 0.563. The van der Waals surface area contributed by atoms with Gasteiger partial charge in [0.2, 0.25) is 5.91 Å². The van der Waals surface area contributed by atoms with E-state index in [0.717, 1.165) is 51.3 Å². The predicted molar refractivity (Wildman–Crippen MR) is 99.2 cm³/mol. The zero-order valence-electron chi connectivity index (χ0n) is 15.3. The molecule has 3 rings (SSSR count). The van der Waals surface area contributed by atoms with Gasteiger partial charge < -0.3 is 4.90 Å². The number of carbonyl (C=O) groups excluding carboxylic acids is 1. The summed E-state index contributed by atoms with van der Waals surface area (Å²) >= 11 is 0. The number of carbonyl (C=O) groups is 1. The van der Waals surface area contributed by atoms with Gasteiger partial charge in [0.05, 0.1) is 12.1 Å². The van der Waals surface area contributed by atoms with E-state index in [1.54, 1.807) is 0 Å². The molecule has 2 heterocycles. The van der Waals surface area contributed by atoms with Crippen LogP contribution >= 0.6 is 0 Å². The van der Waals surface area contributed by atoms with E-state index in [2.05, 4.69) is 29.7 Å². The highest BCUT2D eigenvalue weighted by molar-refractivity contribution is 5.97. The van der Waals surface area contributed by atoms with Gasteiger partial charge >= 0.3 is 0 Å². The van der Waals surface area contributed by atoms with Crippen molar-refractivity contribution < 1.29 is 4.79 Å². The number of benzene rings is 1. The lowest BCUT2D eigenvalue weighted by Gasteiger charge is -2.43. The summed E-state index contributed by atoms with van der Waals surface area (Å²) < 4.78 is 0. The van der Waals surface area contributed by atoms with Gasteiger partial charge in [0.15, 0.2) is 0 Å². The second-order valence-electron chi connectivity index (χ2n) is 7.37. The van der Waals surface area contributed by atoms with Crippen LogP contribution in [0, 0.1) is 17.2 Å². The van der Waals surface area contributed by atoms with E-state index in [4.69, 9.17) is 0 Å². The van der Waals surface area contributed by atoms with Crippen LogP contribution in [0.3, 0.4) is 0 Å². The maximum atomic E-state index is 13.0. The molecule has 2 atom stereocenters. The number of nitriles is 1. The Morgan fingerprint density at radius 2 is 1.76 bits per heavy atom. The molecular weight excluding hydrogens is 312 g/mol. The van der Waals surface area contributed by atoms with Crippen LogP contribution in [0.25, 0.3) is 0 Å². The third-order valence-corrected chi connectivity index (χ3v) is 5.43. The van der Waals surface area contributed by atoms with Gasteiger partial charge in [-0.25, -0.2) is 0 Å². The van der Waals surface area contributed by atoms with Gasteiger partial charge in [-0.1, -0.05) is 32.0 Å². The molecule has 134 valence electrons. The number of anilines is 1. The molecule has 1 amide bonds. The molecule has 2 aliphatic heterocycles. The van der Waals surface area contributed by atoms with Crippen molar-refractivity contribution in [3.8, 4) is 6.07 Å². The summed E-state index contributed by atoms with van der Waals surface area (Å²) in [6.07, 6.45) is 1.98. The standard InChI is InChI=1S/C20H28N4O/c1-16(2)19(15-21)23-13-11-22(12-14-23)18-9-6-10-24(20(18)25)17-7-4-3-5-8-17/h3-5,7-8,16,18-19H,6,9-14H2,1-2H3/t18-,19+/m0/s1. The highest BCUT2D eigenvalue weighted by atomic mass is 16.2. The van der Waals surface area contributed by atoms with E-state index in [1.165, 1.54) is 0 Å². The zero-order chi connectivity index (χ0) is 17.8. The van der Waals surface area contributed by atoms with Crippen molar-refractivity contribution >= 4 is 11.6 Å². The zero-order valence-corrected chi connectivity index (χ0v) is 15.3. The average molecular weight is 340 g/mol. The van der Waals surface area contributed by atoms with Crippen LogP contribution in [0.1, 0.15) is 26.7 Å². The minimum Gasteiger partial charge on any atom is -0.311 e. The van der Waals surface area contributed by atoms with E-state index < -0.39 is 0 Å². The van der Waals surface area contributed by atoms with Crippen molar-refractivity contribution in [2.75, 3.05) is 37.6 Å². The minimum atomic E-state index is -0.0231. The summed E-state index contributed by atoms with van der Waals surface area (Å²) in [6.45, 7) is 8.47. The summed E-state index contributed by atoms with van der Waals surface area (Å²) in [5, 5.41) is 9.40. The van der Waals surface area contributed by atoms with Crippen LogP contribution in [0.4, 0.5) is 5.69 Å². The Kier molecular flexibility index (Phi) is 5.72. The highest BCUT2D eigenvalue weighted by Crippen LogP contribution is 2.25. The van der Waals surface area contributed by atoms with E-state index in [0.29, 0.717) is 5.92 Å². The first kappa shape index (κ1) is 17.9.